The molecule has 3 aliphatic rings. The van der Waals surface area contributed by atoms with Gasteiger partial charge in [-0.15, -0.1) is 119 Å². The molecule has 0 saturated carbocycles. The van der Waals surface area contributed by atoms with E-state index in [0.29, 0.717) is 0 Å². The first-order valence-electron chi connectivity index (χ1n) is 35.3. The van der Waals surface area contributed by atoms with E-state index in [4.69, 9.17) is 9.52 Å². The molecular formula is C95H73Ir2N7O3S. The van der Waals surface area contributed by atoms with Gasteiger partial charge in [0.2, 0.25) is 16.9 Å². The Labute approximate surface area is 659 Å². The van der Waals surface area contributed by atoms with Crippen molar-refractivity contribution >= 4 is 80.9 Å². The topological polar surface area (TPSA) is 114 Å². The zero-order valence-corrected chi connectivity index (χ0v) is 65.4. The summed E-state index contributed by atoms with van der Waals surface area (Å²) in [6, 6.07) is 107. The van der Waals surface area contributed by atoms with E-state index >= 15 is 0 Å². The van der Waals surface area contributed by atoms with Crippen molar-refractivity contribution in [1.29, 1.82) is 0 Å². The number of hydrogen-bond acceptors (Lipinski definition) is 8. The average Bonchev–Trinajstić information content (AvgIpc) is 1.60. The molecule has 10 aromatic carbocycles. The Kier molecular flexibility index (Phi) is 23.8. The third-order valence-corrected chi connectivity index (χ3v) is 19.8. The number of nitrogens with zero attached hydrogens (tertiary/aromatic N) is 7. The van der Waals surface area contributed by atoms with Gasteiger partial charge in [-0.2, -0.15) is 13.7 Å². The summed E-state index contributed by atoms with van der Waals surface area (Å²) in [5, 5.41) is 17.7. The van der Waals surface area contributed by atoms with Crippen LogP contribution in [0.25, 0.3) is 131 Å². The predicted octanol–water partition coefficient (Wildman–Crippen LogP) is 21.3. The normalized spacial score (nSPS) is 11.4. The number of furan rings is 1. The second-order valence-corrected chi connectivity index (χ2v) is 27.0. The van der Waals surface area contributed by atoms with Crippen molar-refractivity contribution < 1.29 is 68.2 Å². The summed E-state index contributed by atoms with van der Waals surface area (Å²) in [5.74, 6) is 0.674. The number of benzene rings is 10. The first-order chi connectivity index (χ1) is 52.1. The van der Waals surface area contributed by atoms with E-state index < -0.39 is 0 Å². The molecule has 8 aromatic heterocycles. The zero-order valence-electron chi connectivity index (χ0n) is 59.8. The third-order valence-electron chi connectivity index (χ3n) is 18.6. The minimum absolute atomic E-state index is 0. The van der Waals surface area contributed by atoms with E-state index in [2.05, 4.69) is 235 Å². The Balaban J connectivity index is 0.000000113. The largest absolute Gasteiger partial charge is 0.512 e. The number of rotatable bonds is 5. The number of carbonyl (C=O) groups is 1. The maximum Gasteiger partial charge on any atom is 0.221 e. The number of pyridine rings is 5. The molecule has 0 saturated heterocycles. The zero-order chi connectivity index (χ0) is 72.3. The van der Waals surface area contributed by atoms with Gasteiger partial charge in [0.1, 0.15) is 11.2 Å². The Morgan fingerprint density at radius 1 is 0.491 bits per heavy atom. The molecule has 0 atom stereocenters. The van der Waals surface area contributed by atoms with Crippen molar-refractivity contribution in [3.05, 3.63) is 380 Å². The molecule has 10 nitrogen and oxygen atoms in total. The molecule has 0 fully saturated rings. The summed E-state index contributed by atoms with van der Waals surface area (Å²) in [4.78, 5) is 27.3. The van der Waals surface area contributed by atoms with Crippen LogP contribution in [-0.4, -0.2) is 30.8 Å². The van der Waals surface area contributed by atoms with Gasteiger partial charge in [0, 0.05) is 159 Å². The first-order valence-corrected chi connectivity index (χ1v) is 36.1. The van der Waals surface area contributed by atoms with Crippen LogP contribution in [0.3, 0.4) is 0 Å². The number of allylic oxidation sites excluding steroid dienone is 2. The van der Waals surface area contributed by atoms with Crippen molar-refractivity contribution in [2.75, 3.05) is 0 Å². The third kappa shape index (κ3) is 16.5. The number of thiophene rings is 1. The fraction of sp³-hybridized carbons (Fsp3) is 0.0737. The number of carbonyl (C=O) groups excluding carboxylic acids is 1. The Morgan fingerprint density at radius 3 is 1.76 bits per heavy atom. The van der Waals surface area contributed by atoms with Crippen molar-refractivity contribution in [3.63, 3.8) is 0 Å². The van der Waals surface area contributed by atoms with E-state index in [1.54, 1.807) is 12.4 Å². The van der Waals surface area contributed by atoms with E-state index in [0.717, 1.165) is 70.4 Å². The quantitative estimate of drug-likeness (QED) is 0.0600. The maximum absolute atomic E-state index is 10.0. The Morgan fingerprint density at radius 2 is 1.09 bits per heavy atom. The van der Waals surface area contributed by atoms with Crippen LogP contribution in [0.1, 0.15) is 41.8 Å². The van der Waals surface area contributed by atoms with Gasteiger partial charge in [-0.05, 0) is 110 Å². The fourth-order valence-electron chi connectivity index (χ4n) is 13.9. The van der Waals surface area contributed by atoms with E-state index in [1.807, 2.05) is 152 Å². The van der Waals surface area contributed by atoms with Crippen molar-refractivity contribution in [2.45, 2.75) is 47.3 Å². The van der Waals surface area contributed by atoms with Crippen molar-refractivity contribution in [1.82, 2.24) is 19.9 Å². The van der Waals surface area contributed by atoms with Gasteiger partial charge in [-0.1, -0.05) is 127 Å². The van der Waals surface area contributed by atoms with Crippen LogP contribution in [-0.2, 0) is 64.6 Å². The van der Waals surface area contributed by atoms with Gasteiger partial charge < -0.3 is 19.5 Å². The smallest absolute Gasteiger partial charge is 0.221 e. The minimum atomic E-state index is -0.125. The number of ketones is 1. The molecule has 0 amide bonds. The van der Waals surface area contributed by atoms with Crippen LogP contribution < -0.4 is 13.7 Å². The molecule has 0 spiro atoms. The summed E-state index contributed by atoms with van der Waals surface area (Å²) < 4.78 is 15.9. The number of fused-ring (bicyclic) bond motifs is 14. The van der Waals surface area contributed by atoms with Crippen LogP contribution in [0, 0.1) is 32.0 Å². The SMILES string of the molecule is CC(=O)C=C(C)O.Cc1cc(-c2[c-]cccc2)ncc1-c1ccccc1.Cc1ccnc(-c2[c-]cccc2)n1.[Ir].[Ir].[c-]1ccccc1-c1ccccn1.c1cc2c3c(c1)ccc1ccc[n+](c13)C2.c1cc[n+]2c(c1)-c1c(ccc3c1oc1ccccc13)C2.c1cc[n+]2c(c1)-c1c(ccc3c1sc1ccccc13)C2. The molecule has 0 aliphatic carbocycles. The Hall–Kier alpha value is -11.9. The molecule has 1 N–H and O–H groups in total. The number of aromatic nitrogens is 7. The number of para-hydroxylation sites is 1. The van der Waals surface area contributed by atoms with Gasteiger partial charge in [0.15, 0.2) is 44.0 Å². The molecule has 3 aliphatic heterocycles. The number of hydrogen-bond donors (Lipinski definition) is 1. The van der Waals surface area contributed by atoms with E-state index in [9.17, 15) is 4.79 Å². The molecule has 21 rings (SSSR count). The van der Waals surface area contributed by atoms with E-state index in [-0.39, 0.29) is 51.8 Å². The van der Waals surface area contributed by atoms with Gasteiger partial charge in [0.05, 0.1) is 28.1 Å². The van der Waals surface area contributed by atoms with Gasteiger partial charge in [-0.25, -0.2) is 0 Å². The second-order valence-electron chi connectivity index (χ2n) is 25.9. The predicted molar refractivity (Wildman–Crippen MR) is 429 cm³/mol. The Bertz CT molecular complexity index is 5950. The summed E-state index contributed by atoms with van der Waals surface area (Å²) in [6.07, 6.45) is 13.1. The molecular weight excluding hydrogens is 1700 g/mol. The molecule has 108 heavy (non-hydrogen) atoms. The van der Waals surface area contributed by atoms with Crippen molar-refractivity contribution in [3.8, 4) is 67.5 Å². The number of aryl methyl sites for hydroxylation is 2. The van der Waals surface area contributed by atoms with Gasteiger partial charge in [-0.3, -0.25) is 14.8 Å². The van der Waals surface area contributed by atoms with E-state index in [1.165, 1.54) is 128 Å². The molecule has 0 bridgehead atoms. The molecule has 530 valence electrons. The molecule has 18 aromatic rings. The fourth-order valence-corrected chi connectivity index (χ4v) is 15.1. The van der Waals surface area contributed by atoms with Gasteiger partial charge >= 0.3 is 0 Å². The number of aliphatic hydroxyl groups is 1. The first kappa shape index (κ1) is 74.4. The summed E-state index contributed by atoms with van der Waals surface area (Å²) in [7, 11) is 0. The molecule has 13 heteroatoms. The minimum Gasteiger partial charge on any atom is -0.512 e. The monoisotopic (exact) mass is 1780 g/mol. The van der Waals surface area contributed by atoms with Crippen LogP contribution in [0.5, 0.6) is 0 Å². The van der Waals surface area contributed by atoms with Crippen LogP contribution in [0.2, 0.25) is 0 Å². The van der Waals surface area contributed by atoms with Crippen molar-refractivity contribution in [2.24, 2.45) is 0 Å². The standard InChI is InChI=1S/C18H12NO.C18H12NS.C18H14N.C14H10N.C11H9N2.C11H8N.C5H8O2.2Ir/c2*1-2-7-16-13(5-1)14-9-8-12-11-19-10-4-3-6-15(19)17(12)18(14)20-16;1-14-12-18(16-10-6-3-7-11-16)19-13-17(14)15-8-4-2-5-9-15;1-3-10-6-7-11-5-2-8-15-9-12(4-1)13(10)14(11)15;1-9-7-8-12-11(13-9)10-5-3-2-4-6-10;1-2-6-10(7-3-1)11-8-4-5-9-12-11;1-4(6)3-5(2)7;;/h2*1-10H,11H2;2-10,12-13H,1H3;1-8H,9H2;2-5,7-8H,1H3;1-6,8-9H;3,6H,1-2H3;;/q2*+1;-1;+1;2*-1;;;. The summed E-state index contributed by atoms with van der Waals surface area (Å²) in [6.45, 7) is 9.87. The molecule has 2 radical (unpaired) electrons. The van der Waals surface area contributed by atoms with Crippen LogP contribution in [0.4, 0.5) is 0 Å². The average molecular weight is 1780 g/mol. The maximum atomic E-state index is 10.0. The second kappa shape index (κ2) is 34.5. The number of aliphatic hydroxyl groups excluding tert-OH is 1. The van der Waals surface area contributed by atoms with Crippen LogP contribution >= 0.6 is 11.3 Å². The van der Waals surface area contributed by atoms with Gasteiger partial charge in [0.25, 0.3) is 0 Å². The summed E-state index contributed by atoms with van der Waals surface area (Å²) >= 11 is 1.92. The summed E-state index contributed by atoms with van der Waals surface area (Å²) in [5.41, 5.74) is 22.4. The van der Waals surface area contributed by atoms with Crippen LogP contribution in [0.15, 0.2) is 339 Å². The molecule has 0 unspecified atom stereocenters. The molecule has 11 heterocycles.